The Morgan fingerprint density at radius 2 is 1.94 bits per heavy atom. The molecule has 0 aliphatic heterocycles. The Kier molecular flexibility index (Phi) is 4.67. The summed E-state index contributed by atoms with van der Waals surface area (Å²) in [5.74, 6) is 0.131. The van der Waals surface area contributed by atoms with E-state index in [-0.39, 0.29) is 11.9 Å². The first-order valence-corrected chi connectivity index (χ1v) is 5.97. The summed E-state index contributed by atoms with van der Waals surface area (Å²) in [4.78, 5) is 12.6. The van der Waals surface area contributed by atoms with Crippen molar-refractivity contribution in [2.24, 2.45) is 5.92 Å². The van der Waals surface area contributed by atoms with Crippen molar-refractivity contribution in [3.63, 3.8) is 0 Å². The lowest BCUT2D eigenvalue weighted by atomic mass is 10.1. The van der Waals surface area contributed by atoms with Crippen LogP contribution in [0.2, 0.25) is 0 Å². The highest BCUT2D eigenvalue weighted by Crippen LogP contribution is 2.23. The molecular formula is C14H20FNO. The highest BCUT2D eigenvalue weighted by atomic mass is 19.1. The molecule has 3 heteroatoms. The van der Waals surface area contributed by atoms with Crippen LogP contribution in [0.5, 0.6) is 0 Å². The van der Waals surface area contributed by atoms with Crippen molar-refractivity contribution in [3.8, 4) is 0 Å². The number of aldehydes is 1. The molecule has 0 amide bonds. The van der Waals surface area contributed by atoms with Crippen LogP contribution in [0.1, 0.15) is 38.1 Å². The maximum atomic E-state index is 13.9. The van der Waals surface area contributed by atoms with Crippen LogP contribution >= 0.6 is 0 Å². The van der Waals surface area contributed by atoms with E-state index in [9.17, 15) is 9.18 Å². The summed E-state index contributed by atoms with van der Waals surface area (Å²) in [6.45, 7) is 9.08. The van der Waals surface area contributed by atoms with E-state index in [1.54, 1.807) is 12.1 Å². The van der Waals surface area contributed by atoms with E-state index >= 15 is 0 Å². The number of hydrogen-bond acceptors (Lipinski definition) is 2. The minimum Gasteiger partial charge on any atom is -0.366 e. The number of nitrogens with zero attached hydrogens (tertiary/aromatic N) is 1. The van der Waals surface area contributed by atoms with Gasteiger partial charge in [0.15, 0.2) is 0 Å². The van der Waals surface area contributed by atoms with E-state index in [1.165, 1.54) is 6.07 Å². The van der Waals surface area contributed by atoms with E-state index < -0.39 is 0 Å². The SMILES string of the molecule is CC(C)CN(c1ccc(C=O)cc1F)C(C)C. The van der Waals surface area contributed by atoms with Gasteiger partial charge in [-0.2, -0.15) is 0 Å². The molecule has 0 heterocycles. The molecule has 0 spiro atoms. The Morgan fingerprint density at radius 1 is 1.29 bits per heavy atom. The largest absolute Gasteiger partial charge is 0.366 e. The van der Waals surface area contributed by atoms with Crippen molar-refractivity contribution in [2.45, 2.75) is 33.7 Å². The minimum atomic E-state index is -0.330. The highest BCUT2D eigenvalue weighted by molar-refractivity contribution is 5.76. The minimum absolute atomic E-state index is 0.231. The number of anilines is 1. The van der Waals surface area contributed by atoms with Crippen LogP contribution in [0.4, 0.5) is 10.1 Å². The zero-order valence-corrected chi connectivity index (χ0v) is 10.9. The van der Waals surface area contributed by atoms with Gasteiger partial charge in [0.1, 0.15) is 12.1 Å². The average Bonchev–Trinajstić information content (AvgIpc) is 2.25. The summed E-state index contributed by atoms with van der Waals surface area (Å²) in [7, 11) is 0. The summed E-state index contributed by atoms with van der Waals surface area (Å²) in [6.07, 6.45) is 0.662. The third-order valence-corrected chi connectivity index (χ3v) is 2.60. The van der Waals surface area contributed by atoms with E-state index in [2.05, 4.69) is 13.8 Å². The topological polar surface area (TPSA) is 20.3 Å². The Balaban J connectivity index is 3.05. The second kappa shape index (κ2) is 5.80. The van der Waals surface area contributed by atoms with Gasteiger partial charge in [-0.3, -0.25) is 4.79 Å². The van der Waals surface area contributed by atoms with Gasteiger partial charge < -0.3 is 4.90 Å². The van der Waals surface area contributed by atoms with Crippen LogP contribution in [0.15, 0.2) is 18.2 Å². The fraction of sp³-hybridized carbons (Fsp3) is 0.500. The normalized spacial score (nSPS) is 11.0. The molecule has 1 aromatic carbocycles. The van der Waals surface area contributed by atoms with Crippen LogP contribution < -0.4 is 4.90 Å². The molecule has 2 nitrogen and oxygen atoms in total. The maximum Gasteiger partial charge on any atom is 0.150 e. The molecule has 0 N–H and O–H groups in total. The van der Waals surface area contributed by atoms with Crippen LogP contribution in [-0.4, -0.2) is 18.9 Å². The van der Waals surface area contributed by atoms with E-state index in [0.717, 1.165) is 6.54 Å². The van der Waals surface area contributed by atoms with E-state index in [1.807, 2.05) is 18.7 Å². The molecule has 94 valence electrons. The van der Waals surface area contributed by atoms with Crippen LogP contribution in [0, 0.1) is 11.7 Å². The number of carbonyl (C=O) groups is 1. The van der Waals surface area contributed by atoms with Crippen LogP contribution in [0.25, 0.3) is 0 Å². The zero-order chi connectivity index (χ0) is 13.0. The first-order chi connectivity index (χ1) is 7.95. The third kappa shape index (κ3) is 3.55. The van der Waals surface area contributed by atoms with Gasteiger partial charge in [0, 0.05) is 18.2 Å². The summed E-state index contributed by atoms with van der Waals surface area (Å²) >= 11 is 0. The Hall–Kier alpha value is -1.38. The van der Waals surface area contributed by atoms with E-state index in [0.29, 0.717) is 23.5 Å². The average molecular weight is 237 g/mol. The monoisotopic (exact) mass is 237 g/mol. The van der Waals surface area contributed by atoms with Crippen LogP contribution in [0.3, 0.4) is 0 Å². The number of benzene rings is 1. The highest BCUT2D eigenvalue weighted by Gasteiger charge is 2.16. The van der Waals surface area contributed by atoms with Crippen molar-refractivity contribution < 1.29 is 9.18 Å². The van der Waals surface area contributed by atoms with Crippen molar-refractivity contribution in [2.75, 3.05) is 11.4 Å². The second-order valence-corrected chi connectivity index (χ2v) is 4.97. The van der Waals surface area contributed by atoms with Gasteiger partial charge in [-0.15, -0.1) is 0 Å². The third-order valence-electron chi connectivity index (χ3n) is 2.60. The Bertz CT molecular complexity index is 388. The molecule has 0 aromatic heterocycles. The number of carbonyl (C=O) groups excluding carboxylic acids is 1. The molecule has 0 radical (unpaired) electrons. The van der Waals surface area contributed by atoms with Crippen molar-refractivity contribution in [3.05, 3.63) is 29.6 Å². The first kappa shape index (κ1) is 13.7. The molecule has 0 unspecified atom stereocenters. The molecule has 0 saturated heterocycles. The predicted octanol–water partition coefficient (Wildman–Crippen LogP) is 3.51. The summed E-state index contributed by atoms with van der Waals surface area (Å²) in [5, 5.41) is 0. The van der Waals surface area contributed by atoms with Crippen LogP contribution in [-0.2, 0) is 0 Å². The lowest BCUT2D eigenvalue weighted by molar-refractivity contribution is 0.112. The molecule has 0 bridgehead atoms. The van der Waals surface area contributed by atoms with Gasteiger partial charge in [0.25, 0.3) is 0 Å². The van der Waals surface area contributed by atoms with Gasteiger partial charge in [-0.25, -0.2) is 4.39 Å². The van der Waals surface area contributed by atoms with Crippen molar-refractivity contribution >= 4 is 12.0 Å². The predicted molar refractivity (Wildman–Crippen MR) is 69.1 cm³/mol. The van der Waals surface area contributed by atoms with Crippen molar-refractivity contribution in [1.29, 1.82) is 0 Å². The standard InChI is InChI=1S/C14H20FNO/c1-10(2)8-16(11(3)4)14-6-5-12(9-17)7-13(14)15/h5-7,9-11H,8H2,1-4H3. The summed E-state index contributed by atoms with van der Waals surface area (Å²) in [5.41, 5.74) is 0.943. The lowest BCUT2D eigenvalue weighted by Crippen LogP contribution is -2.34. The lowest BCUT2D eigenvalue weighted by Gasteiger charge is -2.31. The molecule has 1 aromatic rings. The first-order valence-electron chi connectivity index (χ1n) is 5.97. The van der Waals surface area contributed by atoms with Gasteiger partial charge in [0.05, 0.1) is 5.69 Å². The van der Waals surface area contributed by atoms with Crippen molar-refractivity contribution in [1.82, 2.24) is 0 Å². The van der Waals surface area contributed by atoms with Gasteiger partial charge in [-0.1, -0.05) is 13.8 Å². The molecule has 0 fully saturated rings. The Morgan fingerprint density at radius 3 is 2.35 bits per heavy atom. The summed E-state index contributed by atoms with van der Waals surface area (Å²) < 4.78 is 13.9. The fourth-order valence-electron chi connectivity index (χ4n) is 1.81. The number of rotatable bonds is 5. The van der Waals surface area contributed by atoms with Gasteiger partial charge >= 0.3 is 0 Å². The smallest absolute Gasteiger partial charge is 0.150 e. The number of halogens is 1. The maximum absolute atomic E-state index is 13.9. The zero-order valence-electron chi connectivity index (χ0n) is 10.9. The van der Waals surface area contributed by atoms with Gasteiger partial charge in [-0.05, 0) is 38.0 Å². The molecule has 17 heavy (non-hydrogen) atoms. The van der Waals surface area contributed by atoms with Gasteiger partial charge in [0.2, 0.25) is 0 Å². The Labute approximate surface area is 102 Å². The molecule has 0 atom stereocenters. The summed E-state index contributed by atoms with van der Waals surface area (Å²) in [6, 6.07) is 4.86. The van der Waals surface area contributed by atoms with E-state index in [4.69, 9.17) is 0 Å². The molecule has 0 saturated carbocycles. The molecule has 0 aliphatic carbocycles. The molecule has 0 aliphatic rings. The fourth-order valence-corrected chi connectivity index (χ4v) is 1.81. The number of hydrogen-bond donors (Lipinski definition) is 0. The molecule has 1 rings (SSSR count). The quantitative estimate of drug-likeness (QED) is 0.730. The second-order valence-electron chi connectivity index (χ2n) is 4.97. The molecular weight excluding hydrogens is 217 g/mol.